The quantitative estimate of drug-likeness (QED) is 0.746. The molecule has 2 atom stereocenters. The molecule has 1 aliphatic rings. The molecule has 0 aromatic rings. The van der Waals surface area contributed by atoms with Crippen LogP contribution in [0, 0.1) is 5.92 Å². The zero-order valence-corrected chi connectivity index (χ0v) is 9.74. The second-order valence-electron chi connectivity index (χ2n) is 4.29. The summed E-state index contributed by atoms with van der Waals surface area (Å²) in [6.45, 7) is 0.847. The van der Waals surface area contributed by atoms with Crippen molar-refractivity contribution in [3.63, 3.8) is 0 Å². The molecular formula is C11H22N2O2. The summed E-state index contributed by atoms with van der Waals surface area (Å²) >= 11 is 0. The number of amides is 1. The van der Waals surface area contributed by atoms with Gasteiger partial charge in [0.25, 0.3) is 0 Å². The third-order valence-electron chi connectivity index (χ3n) is 3.33. The molecule has 2 N–H and O–H groups in total. The van der Waals surface area contributed by atoms with E-state index in [-0.39, 0.29) is 12.5 Å². The third-order valence-corrected chi connectivity index (χ3v) is 3.33. The van der Waals surface area contributed by atoms with Gasteiger partial charge in [0.1, 0.15) is 6.61 Å². The van der Waals surface area contributed by atoms with Crippen LogP contribution >= 0.6 is 0 Å². The number of carbonyl (C=O) groups is 1. The summed E-state index contributed by atoms with van der Waals surface area (Å²) in [7, 11) is 3.41. The van der Waals surface area contributed by atoms with Gasteiger partial charge in [-0.2, -0.15) is 0 Å². The number of methoxy groups -OCH3 is 1. The Morgan fingerprint density at radius 2 is 2.13 bits per heavy atom. The number of likely N-dealkylation sites (N-methyl/N-ethyl adjacent to an activating group) is 1. The van der Waals surface area contributed by atoms with Gasteiger partial charge in [-0.05, 0) is 25.3 Å². The first kappa shape index (κ1) is 12.5. The molecule has 15 heavy (non-hydrogen) atoms. The van der Waals surface area contributed by atoms with Crippen LogP contribution in [0.3, 0.4) is 0 Å². The van der Waals surface area contributed by atoms with E-state index in [1.807, 2.05) is 11.9 Å². The standard InChI is InChI=1S/C11H22N2O2/c1-13(11(14)8-15-2)10-6-4-3-5-9(10)7-12/h9-10H,3-8,12H2,1-2H3. The molecule has 1 aliphatic carbocycles. The minimum atomic E-state index is 0.0582. The monoisotopic (exact) mass is 214 g/mol. The Kier molecular flexibility index (Phi) is 5.05. The van der Waals surface area contributed by atoms with Crippen molar-refractivity contribution in [2.24, 2.45) is 11.7 Å². The van der Waals surface area contributed by atoms with Crippen LogP contribution in [0.4, 0.5) is 0 Å². The van der Waals surface area contributed by atoms with Crippen LogP contribution in [-0.2, 0) is 9.53 Å². The highest BCUT2D eigenvalue weighted by atomic mass is 16.5. The van der Waals surface area contributed by atoms with Gasteiger partial charge in [0.05, 0.1) is 0 Å². The van der Waals surface area contributed by atoms with E-state index in [2.05, 4.69) is 0 Å². The van der Waals surface area contributed by atoms with E-state index < -0.39 is 0 Å². The molecule has 0 heterocycles. The zero-order chi connectivity index (χ0) is 11.3. The Balaban J connectivity index is 2.54. The number of hydrogen-bond donors (Lipinski definition) is 1. The molecule has 88 valence electrons. The van der Waals surface area contributed by atoms with Crippen molar-refractivity contribution in [2.75, 3.05) is 27.3 Å². The van der Waals surface area contributed by atoms with Crippen LogP contribution in [0.2, 0.25) is 0 Å². The molecule has 4 heteroatoms. The van der Waals surface area contributed by atoms with E-state index in [0.717, 1.165) is 12.8 Å². The van der Waals surface area contributed by atoms with E-state index in [9.17, 15) is 4.79 Å². The second-order valence-corrected chi connectivity index (χ2v) is 4.29. The minimum Gasteiger partial charge on any atom is -0.375 e. The van der Waals surface area contributed by atoms with Crippen molar-refractivity contribution in [1.29, 1.82) is 0 Å². The van der Waals surface area contributed by atoms with Gasteiger partial charge >= 0.3 is 0 Å². The van der Waals surface area contributed by atoms with Gasteiger partial charge < -0.3 is 15.4 Å². The SMILES string of the molecule is COCC(=O)N(C)C1CCCCC1CN. The first-order valence-corrected chi connectivity index (χ1v) is 5.65. The van der Waals surface area contributed by atoms with Crippen molar-refractivity contribution < 1.29 is 9.53 Å². The largest absolute Gasteiger partial charge is 0.375 e. The van der Waals surface area contributed by atoms with Crippen LogP contribution in [-0.4, -0.2) is 44.2 Å². The second kappa shape index (κ2) is 6.08. The molecule has 0 aromatic carbocycles. The molecule has 0 saturated heterocycles. The smallest absolute Gasteiger partial charge is 0.248 e. The fraction of sp³-hybridized carbons (Fsp3) is 0.909. The highest BCUT2D eigenvalue weighted by Gasteiger charge is 2.29. The molecule has 4 nitrogen and oxygen atoms in total. The number of hydrogen-bond acceptors (Lipinski definition) is 3. The topological polar surface area (TPSA) is 55.6 Å². The average Bonchev–Trinajstić information content (AvgIpc) is 2.28. The van der Waals surface area contributed by atoms with Crippen molar-refractivity contribution >= 4 is 5.91 Å². The lowest BCUT2D eigenvalue weighted by Crippen LogP contribution is -2.47. The molecule has 0 aliphatic heterocycles. The van der Waals surface area contributed by atoms with Gasteiger partial charge in [-0.3, -0.25) is 4.79 Å². The van der Waals surface area contributed by atoms with Crippen LogP contribution in [0.25, 0.3) is 0 Å². The fourth-order valence-electron chi connectivity index (χ4n) is 2.38. The Hall–Kier alpha value is -0.610. The van der Waals surface area contributed by atoms with E-state index in [1.165, 1.54) is 12.8 Å². The Labute approximate surface area is 91.8 Å². The normalized spacial score (nSPS) is 26.3. The Morgan fingerprint density at radius 1 is 1.47 bits per heavy atom. The lowest BCUT2D eigenvalue weighted by molar-refractivity contribution is -0.137. The maximum atomic E-state index is 11.7. The first-order chi connectivity index (χ1) is 7.20. The van der Waals surface area contributed by atoms with Gasteiger partial charge in [-0.15, -0.1) is 0 Å². The molecular weight excluding hydrogens is 192 g/mol. The predicted octanol–water partition coefficient (Wildman–Crippen LogP) is 0.609. The number of rotatable bonds is 4. The number of nitrogens with two attached hydrogens (primary N) is 1. The summed E-state index contributed by atoms with van der Waals surface area (Å²) in [6.07, 6.45) is 4.66. The van der Waals surface area contributed by atoms with Crippen molar-refractivity contribution in [1.82, 2.24) is 4.90 Å². The van der Waals surface area contributed by atoms with E-state index in [0.29, 0.717) is 18.5 Å². The Morgan fingerprint density at radius 3 is 2.73 bits per heavy atom. The number of nitrogens with zero attached hydrogens (tertiary/aromatic N) is 1. The molecule has 0 spiro atoms. The highest BCUT2D eigenvalue weighted by molar-refractivity contribution is 5.77. The van der Waals surface area contributed by atoms with Crippen molar-refractivity contribution in [3.8, 4) is 0 Å². The summed E-state index contributed by atoms with van der Waals surface area (Å²) in [4.78, 5) is 13.5. The summed E-state index contributed by atoms with van der Waals surface area (Å²) in [5.74, 6) is 0.521. The summed E-state index contributed by atoms with van der Waals surface area (Å²) in [5.41, 5.74) is 5.74. The molecule has 0 bridgehead atoms. The lowest BCUT2D eigenvalue weighted by atomic mass is 9.83. The van der Waals surface area contributed by atoms with Gasteiger partial charge in [-0.1, -0.05) is 12.8 Å². The average molecular weight is 214 g/mol. The molecule has 1 saturated carbocycles. The van der Waals surface area contributed by atoms with Crippen molar-refractivity contribution in [3.05, 3.63) is 0 Å². The molecule has 1 rings (SSSR count). The third kappa shape index (κ3) is 3.18. The number of ether oxygens (including phenoxy) is 1. The van der Waals surface area contributed by atoms with Gasteiger partial charge in [-0.25, -0.2) is 0 Å². The van der Waals surface area contributed by atoms with Gasteiger partial charge in [0.15, 0.2) is 0 Å². The maximum absolute atomic E-state index is 11.7. The molecule has 0 aromatic heterocycles. The zero-order valence-electron chi connectivity index (χ0n) is 9.74. The lowest BCUT2D eigenvalue weighted by Gasteiger charge is -2.37. The number of carbonyl (C=O) groups excluding carboxylic acids is 1. The molecule has 1 fully saturated rings. The summed E-state index contributed by atoms with van der Waals surface area (Å²) in [6, 6.07) is 0.311. The van der Waals surface area contributed by atoms with E-state index in [4.69, 9.17) is 10.5 Å². The molecule has 1 amide bonds. The predicted molar refractivity (Wildman–Crippen MR) is 59.4 cm³/mol. The summed E-state index contributed by atoms with van der Waals surface area (Å²) < 4.78 is 4.86. The minimum absolute atomic E-state index is 0.0582. The van der Waals surface area contributed by atoms with Gasteiger partial charge in [0, 0.05) is 20.2 Å². The van der Waals surface area contributed by atoms with E-state index >= 15 is 0 Å². The fourth-order valence-corrected chi connectivity index (χ4v) is 2.38. The van der Waals surface area contributed by atoms with Crippen LogP contribution in [0.5, 0.6) is 0 Å². The maximum Gasteiger partial charge on any atom is 0.248 e. The van der Waals surface area contributed by atoms with E-state index in [1.54, 1.807) is 7.11 Å². The highest BCUT2D eigenvalue weighted by Crippen LogP contribution is 2.27. The van der Waals surface area contributed by atoms with Crippen LogP contribution < -0.4 is 5.73 Å². The molecule has 0 radical (unpaired) electrons. The Bertz CT molecular complexity index is 209. The first-order valence-electron chi connectivity index (χ1n) is 5.65. The van der Waals surface area contributed by atoms with Gasteiger partial charge in [0.2, 0.25) is 5.91 Å². The van der Waals surface area contributed by atoms with Crippen LogP contribution in [0.15, 0.2) is 0 Å². The molecule has 2 unspecified atom stereocenters. The summed E-state index contributed by atoms with van der Waals surface area (Å²) in [5, 5.41) is 0. The van der Waals surface area contributed by atoms with Crippen molar-refractivity contribution in [2.45, 2.75) is 31.7 Å². The van der Waals surface area contributed by atoms with Crippen LogP contribution in [0.1, 0.15) is 25.7 Å².